The van der Waals surface area contributed by atoms with E-state index < -0.39 is 47.5 Å². The van der Waals surface area contributed by atoms with Crippen LogP contribution in [0.25, 0.3) is 43.1 Å². The second-order valence-electron chi connectivity index (χ2n) is 26.8. The van der Waals surface area contributed by atoms with Crippen molar-refractivity contribution in [3.63, 3.8) is 0 Å². The van der Waals surface area contributed by atoms with Crippen molar-refractivity contribution in [2.24, 2.45) is 11.8 Å². The number of epoxide rings is 4. The molecule has 6 aliphatic heterocycles. The van der Waals surface area contributed by atoms with Crippen LogP contribution in [0.5, 0.6) is 46.0 Å². The molecule has 4 saturated heterocycles. The minimum Gasteiger partial charge on any atom is -0.457 e. The molecule has 9 aromatic carbocycles. The summed E-state index contributed by atoms with van der Waals surface area (Å²) in [6, 6.07) is 30.3. The molecule has 0 spiro atoms. The van der Waals surface area contributed by atoms with Gasteiger partial charge in [0.2, 0.25) is 11.8 Å². The minimum atomic E-state index is -1.30. The number of hydrogen-bond acceptors (Lipinski definition) is 14. The van der Waals surface area contributed by atoms with Gasteiger partial charge in [0.1, 0.15) is 58.1 Å². The highest BCUT2D eigenvalue weighted by Crippen LogP contribution is 2.58. The van der Waals surface area contributed by atoms with Gasteiger partial charge < -0.3 is 47.7 Å². The third kappa shape index (κ3) is 13.2. The van der Waals surface area contributed by atoms with Gasteiger partial charge in [0, 0.05) is 89.4 Å². The Labute approximate surface area is 584 Å². The van der Waals surface area contributed by atoms with E-state index in [0.29, 0.717) is 98.4 Å². The summed E-state index contributed by atoms with van der Waals surface area (Å²) in [6.07, 6.45) is 2.39. The largest absolute Gasteiger partial charge is 0.457 e. The Morgan fingerprint density at radius 1 is 0.398 bits per heavy atom. The predicted octanol–water partition coefficient (Wildman–Crippen LogP) is 16.4. The third-order valence-electron chi connectivity index (χ3n) is 18.8. The quantitative estimate of drug-likeness (QED) is 0.0194. The number of halogens is 4. The van der Waals surface area contributed by atoms with Crippen LogP contribution in [0.2, 0.25) is 20.1 Å². The van der Waals surface area contributed by atoms with Gasteiger partial charge >= 0.3 is 0 Å². The fourth-order valence-electron chi connectivity index (χ4n) is 13.8. The molecule has 6 aliphatic rings. The predicted molar refractivity (Wildman–Crippen MR) is 372 cm³/mol. The molecular formula is C76H68Cl4N4O14. The second kappa shape index (κ2) is 26.7. The third-order valence-corrected chi connectivity index (χ3v) is 19.7. The Bertz CT molecular complexity index is 4190. The number of imide groups is 2. The highest BCUT2D eigenvalue weighted by Gasteiger charge is 2.48. The average Bonchev–Trinajstić information content (AvgIpc) is 1.04. The molecule has 15 rings (SSSR count). The van der Waals surface area contributed by atoms with E-state index in [2.05, 4.69) is 0 Å². The van der Waals surface area contributed by atoms with Gasteiger partial charge in [-0.3, -0.25) is 38.6 Å². The SMILES string of the molecule is CC(C)CC(C(=O)N(CCC1CO1)CCC1CO1)N1C(=O)c2cc(Oc3cccc(Cl)c3)c3c4c(Oc5cccc(Cl)c5)cc5c6c(cc(Oc7cccc(Cl)c7)c(c7c(Oc8cccc(Cl)c8)cc(c2c37)C1=O)c64)C(=O)N(C(CC(C)C)C(=O)N(CCC1CO1)CCC1CO1)C5=O. The Morgan fingerprint density at radius 2 is 0.643 bits per heavy atom. The molecule has 0 N–H and O–H groups in total. The number of carbonyl (C=O) groups excluding carboxylic acids is 6. The van der Waals surface area contributed by atoms with E-state index in [1.807, 2.05) is 27.7 Å². The Balaban J connectivity index is 1.04. The van der Waals surface area contributed by atoms with Gasteiger partial charge in [0.15, 0.2) is 0 Å². The zero-order valence-corrected chi connectivity index (χ0v) is 57.1. The lowest BCUT2D eigenvalue weighted by Gasteiger charge is -2.38. The van der Waals surface area contributed by atoms with E-state index in [4.69, 9.17) is 84.3 Å². The highest BCUT2D eigenvalue weighted by atomic mass is 35.5. The number of fused-ring (bicyclic) bond motifs is 2. The molecule has 6 heterocycles. The van der Waals surface area contributed by atoms with Crippen molar-refractivity contribution in [3.8, 4) is 46.0 Å². The molecule has 504 valence electrons. The van der Waals surface area contributed by atoms with Crippen LogP contribution in [-0.2, 0) is 28.5 Å². The zero-order valence-electron chi connectivity index (χ0n) is 54.1. The molecule has 0 aliphatic carbocycles. The molecule has 0 aromatic heterocycles. The molecule has 0 bridgehead atoms. The minimum absolute atomic E-state index is 0.00862. The summed E-state index contributed by atoms with van der Waals surface area (Å²) in [5.74, 6) is -3.30. The molecular weight excluding hydrogens is 1330 g/mol. The number of nitrogens with zero attached hydrogens (tertiary/aromatic N) is 4. The molecule has 18 nitrogen and oxygen atoms in total. The lowest BCUT2D eigenvalue weighted by Crippen LogP contribution is -2.55. The first kappa shape index (κ1) is 65.6. The monoisotopic (exact) mass is 1400 g/mol. The lowest BCUT2D eigenvalue weighted by atomic mass is 9.80. The number of benzene rings is 9. The van der Waals surface area contributed by atoms with Gasteiger partial charge in [-0.25, -0.2) is 0 Å². The van der Waals surface area contributed by atoms with Gasteiger partial charge in [-0.15, -0.1) is 0 Å². The molecule has 6 amide bonds. The van der Waals surface area contributed by atoms with Crippen LogP contribution in [0.3, 0.4) is 0 Å². The van der Waals surface area contributed by atoms with Crippen molar-refractivity contribution in [3.05, 3.63) is 164 Å². The van der Waals surface area contributed by atoms with Gasteiger partial charge in [-0.05, 0) is 147 Å². The zero-order chi connectivity index (χ0) is 67.9. The van der Waals surface area contributed by atoms with Crippen LogP contribution in [0.1, 0.15) is 108 Å². The van der Waals surface area contributed by atoms with Crippen LogP contribution in [-0.4, -0.2) is 144 Å². The number of rotatable bonds is 28. The summed E-state index contributed by atoms with van der Waals surface area (Å²) < 4.78 is 51.0. The van der Waals surface area contributed by atoms with Crippen LogP contribution >= 0.6 is 46.4 Å². The first-order valence-corrected chi connectivity index (χ1v) is 34.7. The van der Waals surface area contributed by atoms with Crippen LogP contribution in [0, 0.1) is 11.8 Å². The molecule has 0 radical (unpaired) electrons. The smallest absolute Gasteiger partial charge is 0.262 e. The van der Waals surface area contributed by atoms with Gasteiger partial charge in [0.05, 0.1) is 73.1 Å². The van der Waals surface area contributed by atoms with Gasteiger partial charge in [-0.2, -0.15) is 0 Å². The molecule has 22 heteroatoms. The highest BCUT2D eigenvalue weighted by molar-refractivity contribution is 6.45. The van der Waals surface area contributed by atoms with Gasteiger partial charge in [0.25, 0.3) is 23.6 Å². The van der Waals surface area contributed by atoms with Crippen LogP contribution < -0.4 is 18.9 Å². The van der Waals surface area contributed by atoms with Crippen LogP contribution in [0.4, 0.5) is 0 Å². The first-order chi connectivity index (χ1) is 47.3. The van der Waals surface area contributed by atoms with Gasteiger partial charge in [-0.1, -0.05) is 98.4 Å². The normalized spacial score (nSPS) is 18.9. The van der Waals surface area contributed by atoms with Crippen molar-refractivity contribution in [1.82, 2.24) is 19.6 Å². The van der Waals surface area contributed by atoms with Crippen molar-refractivity contribution in [2.75, 3.05) is 52.6 Å². The average molecular weight is 1400 g/mol. The first-order valence-electron chi connectivity index (χ1n) is 33.2. The van der Waals surface area contributed by atoms with E-state index in [1.165, 1.54) is 0 Å². The number of amides is 6. The van der Waals surface area contributed by atoms with Crippen molar-refractivity contribution in [1.29, 1.82) is 0 Å². The molecule has 6 atom stereocenters. The summed E-state index contributed by atoms with van der Waals surface area (Å²) in [5.41, 5.74) is -0.0345. The molecule has 9 aromatic rings. The Hall–Kier alpha value is -8.30. The van der Waals surface area contributed by atoms with E-state index in [-0.39, 0.29) is 160 Å². The maximum atomic E-state index is 16.4. The molecule has 98 heavy (non-hydrogen) atoms. The van der Waals surface area contributed by atoms with E-state index >= 15 is 28.8 Å². The lowest BCUT2D eigenvalue weighted by molar-refractivity contribution is -0.137. The summed E-state index contributed by atoms with van der Waals surface area (Å²) >= 11 is 27.1. The maximum absolute atomic E-state index is 16.4. The summed E-state index contributed by atoms with van der Waals surface area (Å²) in [4.78, 5) is 102. The second-order valence-corrected chi connectivity index (χ2v) is 28.6. The van der Waals surface area contributed by atoms with Crippen LogP contribution in [0.15, 0.2) is 121 Å². The Morgan fingerprint density at radius 3 is 0.857 bits per heavy atom. The van der Waals surface area contributed by atoms with E-state index in [0.717, 1.165) is 9.80 Å². The number of ether oxygens (including phenoxy) is 8. The molecule has 0 saturated carbocycles. The van der Waals surface area contributed by atoms with Crippen molar-refractivity contribution in [2.45, 2.75) is 103 Å². The maximum Gasteiger partial charge on any atom is 0.262 e. The fraction of sp³-hybridized carbons (Fsp3) is 0.342. The molecule has 6 unspecified atom stereocenters. The summed E-state index contributed by atoms with van der Waals surface area (Å²) in [7, 11) is 0. The van der Waals surface area contributed by atoms with Crippen molar-refractivity contribution < 1.29 is 66.7 Å². The van der Waals surface area contributed by atoms with Crippen molar-refractivity contribution >= 4 is 125 Å². The number of carbonyl (C=O) groups is 6. The number of hydrogen-bond donors (Lipinski definition) is 0. The van der Waals surface area contributed by atoms with E-state index in [1.54, 1.807) is 131 Å². The summed E-state index contributed by atoms with van der Waals surface area (Å²) in [6.45, 7) is 11.3. The Kier molecular flexibility index (Phi) is 17.9. The molecule has 4 fully saturated rings. The topological polar surface area (TPSA) is 202 Å². The van der Waals surface area contributed by atoms with E-state index in [9.17, 15) is 0 Å². The summed E-state index contributed by atoms with van der Waals surface area (Å²) in [5, 5.41) is 2.93. The standard InChI is InChI=1S/C76H68Cl4N4O14/c1-39(2)25-57(75(89)81(21-17-49-35-91-49)22-18-50-36-92-50)83-71(85)53-31-59(95-45-13-5-9-41(77)27-45)65-67-61(97-47-15-7-11-43(79)29-47)33-55-64-56(74(88)84(73(55)87)58(26-40(3)4)76(90)82(23-19-51-37-93-51)24-20-52-38-94-52)34-62(98-48-16-8-12-44(80)30-48)68(70(64)67)66-60(96-46-14-6-10-42(78)28-46)32-54(72(83)86)63(53)69(65)66/h5-16,27-34,39-40,49-52,57-58H,17-26,35-38H2,1-4H3. The fourth-order valence-corrected chi connectivity index (χ4v) is 14.5.